The van der Waals surface area contributed by atoms with E-state index in [1.165, 1.54) is 16.6 Å². The van der Waals surface area contributed by atoms with Crippen molar-refractivity contribution in [3.8, 4) is 0 Å². The van der Waals surface area contributed by atoms with Crippen LogP contribution in [0.2, 0.25) is 0 Å². The van der Waals surface area contributed by atoms with Gasteiger partial charge in [0, 0.05) is 11.9 Å². The van der Waals surface area contributed by atoms with Crippen LogP contribution in [0.4, 0.5) is 4.39 Å². The fourth-order valence-electron chi connectivity index (χ4n) is 2.10. The van der Waals surface area contributed by atoms with Crippen LogP contribution >= 0.6 is 0 Å². The number of nitrogens with one attached hydrogen (secondary N) is 1. The first-order valence-corrected chi connectivity index (χ1v) is 6.79. The van der Waals surface area contributed by atoms with Crippen LogP contribution in [0.1, 0.15) is 34.8 Å². The molecular weight excluding hydrogens is 285 g/mol. The molecule has 0 aliphatic heterocycles. The first kappa shape index (κ1) is 14.1. The van der Waals surface area contributed by atoms with Crippen LogP contribution < -0.4 is 5.32 Å². The van der Waals surface area contributed by atoms with Crippen molar-refractivity contribution < 1.29 is 9.18 Å². The quantitative estimate of drug-likeness (QED) is 0.803. The number of hydrogen-bond donors (Lipinski definition) is 1. The number of hydrogen-bond acceptors (Lipinski definition) is 4. The Morgan fingerprint density at radius 2 is 2.00 bits per heavy atom. The number of nitrogens with zero attached hydrogens (tertiary/aromatic N) is 4. The number of amides is 1. The molecule has 0 aliphatic rings. The van der Waals surface area contributed by atoms with Crippen molar-refractivity contribution in [3.63, 3.8) is 0 Å². The Balaban J connectivity index is 1.80. The minimum Gasteiger partial charge on any atom is -0.343 e. The highest BCUT2D eigenvalue weighted by molar-refractivity contribution is 5.91. The summed E-state index contributed by atoms with van der Waals surface area (Å²) in [5, 5.41) is 6.93. The lowest BCUT2D eigenvalue weighted by Crippen LogP contribution is -2.27. The van der Waals surface area contributed by atoms with Gasteiger partial charge in [0.2, 0.25) is 5.82 Å². The van der Waals surface area contributed by atoms with E-state index >= 15 is 0 Å². The summed E-state index contributed by atoms with van der Waals surface area (Å²) in [6.45, 7) is 3.66. The summed E-state index contributed by atoms with van der Waals surface area (Å²) < 4.78 is 14.4. The zero-order chi connectivity index (χ0) is 15.7. The number of rotatable bonds is 3. The molecular formula is C15H14FN5O. The maximum Gasteiger partial charge on any atom is 0.291 e. The molecule has 0 unspecified atom stereocenters. The van der Waals surface area contributed by atoms with E-state index in [0.717, 1.165) is 11.3 Å². The third kappa shape index (κ3) is 2.65. The lowest BCUT2D eigenvalue weighted by Gasteiger charge is -2.12. The zero-order valence-corrected chi connectivity index (χ0v) is 12.1. The normalized spacial score (nSPS) is 12.3. The summed E-state index contributed by atoms with van der Waals surface area (Å²) in [7, 11) is 0. The Morgan fingerprint density at radius 3 is 2.68 bits per heavy atom. The topological polar surface area (TPSA) is 72.2 Å². The molecule has 1 amide bonds. The Kier molecular flexibility index (Phi) is 3.54. The molecule has 6 nitrogen and oxygen atoms in total. The van der Waals surface area contributed by atoms with Crippen LogP contribution in [0.5, 0.6) is 0 Å². The minimum atomic E-state index is -0.401. The Labute approximate surface area is 126 Å². The van der Waals surface area contributed by atoms with Crippen molar-refractivity contribution >= 4 is 11.7 Å². The fraction of sp³-hybridized carbons (Fsp3) is 0.200. The van der Waals surface area contributed by atoms with Crippen LogP contribution in [0, 0.1) is 12.7 Å². The summed E-state index contributed by atoms with van der Waals surface area (Å²) >= 11 is 0. The molecule has 0 radical (unpaired) electrons. The van der Waals surface area contributed by atoms with Gasteiger partial charge in [0.05, 0.1) is 6.04 Å². The maximum absolute atomic E-state index is 12.9. The predicted molar refractivity (Wildman–Crippen MR) is 77.8 cm³/mol. The lowest BCUT2D eigenvalue weighted by atomic mass is 10.1. The molecule has 2 aromatic heterocycles. The molecule has 0 spiro atoms. The van der Waals surface area contributed by atoms with Crippen molar-refractivity contribution in [2.75, 3.05) is 0 Å². The van der Waals surface area contributed by atoms with Crippen LogP contribution in [0.25, 0.3) is 5.78 Å². The molecule has 0 saturated carbocycles. The first-order chi connectivity index (χ1) is 10.5. The van der Waals surface area contributed by atoms with Gasteiger partial charge < -0.3 is 5.32 Å². The molecule has 0 aliphatic carbocycles. The van der Waals surface area contributed by atoms with Gasteiger partial charge in [-0.3, -0.25) is 4.79 Å². The summed E-state index contributed by atoms with van der Waals surface area (Å²) in [6, 6.07) is 7.47. The molecule has 0 bridgehead atoms. The summed E-state index contributed by atoms with van der Waals surface area (Å²) in [5.41, 5.74) is 1.64. The fourth-order valence-corrected chi connectivity index (χ4v) is 2.10. The van der Waals surface area contributed by atoms with E-state index in [4.69, 9.17) is 0 Å². The van der Waals surface area contributed by atoms with Crippen molar-refractivity contribution in [1.82, 2.24) is 24.9 Å². The van der Waals surface area contributed by atoms with Gasteiger partial charge in [-0.1, -0.05) is 12.1 Å². The van der Waals surface area contributed by atoms with E-state index in [9.17, 15) is 9.18 Å². The van der Waals surface area contributed by atoms with Crippen molar-refractivity contribution in [3.05, 3.63) is 59.4 Å². The van der Waals surface area contributed by atoms with Crippen LogP contribution in [-0.4, -0.2) is 25.5 Å². The van der Waals surface area contributed by atoms with Gasteiger partial charge >= 0.3 is 0 Å². The number of halogens is 1. The van der Waals surface area contributed by atoms with Crippen molar-refractivity contribution in [2.45, 2.75) is 19.9 Å². The lowest BCUT2D eigenvalue weighted by molar-refractivity contribution is 0.0929. The summed E-state index contributed by atoms with van der Waals surface area (Å²) in [6.07, 6.45) is 1.61. The highest BCUT2D eigenvalue weighted by atomic mass is 19.1. The van der Waals surface area contributed by atoms with Crippen LogP contribution in [-0.2, 0) is 0 Å². The van der Waals surface area contributed by atoms with E-state index in [1.54, 1.807) is 24.4 Å². The molecule has 1 atom stereocenters. The van der Waals surface area contributed by atoms with E-state index in [1.807, 2.05) is 13.8 Å². The monoisotopic (exact) mass is 299 g/mol. The second kappa shape index (κ2) is 5.51. The molecule has 3 rings (SSSR count). The first-order valence-electron chi connectivity index (χ1n) is 6.79. The molecule has 0 saturated heterocycles. The van der Waals surface area contributed by atoms with Gasteiger partial charge in [0.15, 0.2) is 0 Å². The van der Waals surface area contributed by atoms with Gasteiger partial charge in [0.25, 0.3) is 11.7 Å². The van der Waals surface area contributed by atoms with Gasteiger partial charge in [-0.15, -0.1) is 5.10 Å². The number of benzene rings is 1. The molecule has 1 N–H and O–H groups in total. The highest BCUT2D eigenvalue weighted by Gasteiger charge is 2.17. The minimum absolute atomic E-state index is 0.0516. The largest absolute Gasteiger partial charge is 0.343 e. The number of aryl methyl sites for hydroxylation is 1. The van der Waals surface area contributed by atoms with E-state index in [-0.39, 0.29) is 17.7 Å². The van der Waals surface area contributed by atoms with Gasteiger partial charge in [-0.05, 0) is 37.6 Å². The second-order valence-electron chi connectivity index (χ2n) is 4.98. The van der Waals surface area contributed by atoms with Crippen molar-refractivity contribution in [1.29, 1.82) is 0 Å². The van der Waals surface area contributed by atoms with E-state index in [2.05, 4.69) is 20.4 Å². The smallest absolute Gasteiger partial charge is 0.291 e. The summed E-state index contributed by atoms with van der Waals surface area (Å²) in [5.74, 6) is -0.289. The SMILES string of the molecule is Cc1ccnc2nc(C(=O)N[C@@H](C)c3ccc(F)cc3)nn12. The van der Waals surface area contributed by atoms with E-state index < -0.39 is 5.91 Å². The van der Waals surface area contributed by atoms with Gasteiger partial charge in [-0.2, -0.15) is 4.98 Å². The van der Waals surface area contributed by atoms with Crippen LogP contribution in [0.15, 0.2) is 36.5 Å². The van der Waals surface area contributed by atoms with E-state index in [0.29, 0.717) is 5.78 Å². The third-order valence-corrected chi connectivity index (χ3v) is 3.35. The Morgan fingerprint density at radius 1 is 1.27 bits per heavy atom. The Hall–Kier alpha value is -2.83. The average Bonchev–Trinajstić information content (AvgIpc) is 2.93. The summed E-state index contributed by atoms with van der Waals surface area (Å²) in [4.78, 5) is 20.4. The molecule has 7 heteroatoms. The number of fused-ring (bicyclic) bond motifs is 1. The average molecular weight is 299 g/mol. The zero-order valence-electron chi connectivity index (χ0n) is 12.1. The highest BCUT2D eigenvalue weighted by Crippen LogP contribution is 2.13. The predicted octanol–water partition coefficient (Wildman–Crippen LogP) is 2.06. The number of carbonyl (C=O) groups excluding carboxylic acids is 1. The second-order valence-corrected chi connectivity index (χ2v) is 4.98. The molecule has 0 fully saturated rings. The molecule has 3 aromatic rings. The Bertz CT molecular complexity index is 828. The van der Waals surface area contributed by atoms with Gasteiger partial charge in [0.1, 0.15) is 5.82 Å². The number of carbonyl (C=O) groups is 1. The molecule has 112 valence electrons. The van der Waals surface area contributed by atoms with Crippen LogP contribution in [0.3, 0.4) is 0 Å². The van der Waals surface area contributed by atoms with Gasteiger partial charge in [-0.25, -0.2) is 13.9 Å². The molecule has 1 aromatic carbocycles. The molecule has 2 heterocycles. The molecule has 22 heavy (non-hydrogen) atoms. The standard InChI is InChI=1S/C15H14FN5O/c1-9-7-8-17-15-19-13(20-21(9)15)14(22)18-10(2)11-3-5-12(16)6-4-11/h3-8,10H,1-2H3,(H,18,22)/t10-/m0/s1. The number of aromatic nitrogens is 4. The van der Waals surface area contributed by atoms with Crippen molar-refractivity contribution in [2.24, 2.45) is 0 Å². The maximum atomic E-state index is 12.9. The third-order valence-electron chi connectivity index (χ3n) is 3.35.